The first-order valence-corrected chi connectivity index (χ1v) is 8.95. The summed E-state index contributed by atoms with van der Waals surface area (Å²) in [7, 11) is 0. The molecule has 0 fully saturated rings. The Bertz CT molecular complexity index is 1050. The van der Waals surface area contributed by atoms with E-state index in [1.165, 1.54) is 0 Å². The van der Waals surface area contributed by atoms with Crippen LogP contribution < -0.4 is 0 Å². The van der Waals surface area contributed by atoms with Crippen molar-refractivity contribution in [3.63, 3.8) is 0 Å². The van der Waals surface area contributed by atoms with Crippen molar-refractivity contribution in [2.45, 2.75) is 6.54 Å². The number of nitrogens with zero attached hydrogens (tertiary/aromatic N) is 4. The lowest BCUT2D eigenvalue weighted by molar-refractivity contribution is 0.0885. The number of fused-ring (bicyclic) bond motifs is 1. The fraction of sp³-hybridized carbons (Fsp3) is 0.0526. The van der Waals surface area contributed by atoms with Crippen molar-refractivity contribution in [2.24, 2.45) is 0 Å². The zero-order chi connectivity index (χ0) is 17.9. The summed E-state index contributed by atoms with van der Waals surface area (Å²) in [6.45, 7) is 0.523. The molecule has 0 atom stereocenters. The van der Waals surface area contributed by atoms with Crippen LogP contribution in [-0.2, 0) is 6.54 Å². The molecule has 4 rings (SSSR count). The highest BCUT2D eigenvalue weighted by atomic mass is 127. The van der Waals surface area contributed by atoms with Gasteiger partial charge in [0.25, 0.3) is 5.91 Å². The molecule has 0 saturated carbocycles. The summed E-state index contributed by atoms with van der Waals surface area (Å²) in [5.41, 5.74) is 4.54. The van der Waals surface area contributed by atoms with Crippen LogP contribution in [0.15, 0.2) is 67.1 Å². The number of pyridine rings is 2. The van der Waals surface area contributed by atoms with Crippen molar-refractivity contribution in [3.8, 4) is 11.3 Å². The molecule has 0 bridgehead atoms. The van der Waals surface area contributed by atoms with E-state index in [1.54, 1.807) is 27.8 Å². The van der Waals surface area contributed by atoms with Crippen molar-refractivity contribution in [1.29, 1.82) is 0 Å². The largest absolute Gasteiger partial charge is 0.276 e. The quantitative estimate of drug-likeness (QED) is 0.373. The molecule has 3 heterocycles. The van der Waals surface area contributed by atoms with Gasteiger partial charge in [0.1, 0.15) is 11.2 Å². The lowest BCUT2D eigenvalue weighted by Gasteiger charge is -2.15. The second kappa shape index (κ2) is 7.20. The summed E-state index contributed by atoms with van der Waals surface area (Å²) in [6, 6.07) is 15.3. The second-order valence-electron chi connectivity index (χ2n) is 5.70. The Morgan fingerprint density at radius 2 is 1.81 bits per heavy atom. The molecule has 6 nitrogen and oxygen atoms in total. The predicted octanol–water partition coefficient (Wildman–Crippen LogP) is 4.01. The molecule has 0 unspecified atom stereocenters. The molecule has 128 valence electrons. The Labute approximate surface area is 163 Å². The van der Waals surface area contributed by atoms with E-state index in [2.05, 4.69) is 20.2 Å². The van der Waals surface area contributed by atoms with Crippen LogP contribution in [0.3, 0.4) is 0 Å². The maximum Gasteiger partial charge on any atom is 0.265 e. The predicted molar refractivity (Wildman–Crippen MR) is 107 cm³/mol. The summed E-state index contributed by atoms with van der Waals surface area (Å²) >= 11 is 2.05. The first kappa shape index (κ1) is 16.6. The van der Waals surface area contributed by atoms with Crippen LogP contribution in [0.25, 0.3) is 22.3 Å². The Hall–Kier alpha value is -2.81. The molecule has 0 aliphatic heterocycles. The molecule has 0 radical (unpaired) electrons. The van der Waals surface area contributed by atoms with E-state index in [0.717, 1.165) is 11.1 Å². The normalized spacial score (nSPS) is 10.8. The number of hydrogen-bond donors (Lipinski definition) is 1. The topological polar surface area (TPSA) is 74.8 Å². The minimum absolute atomic E-state index is 0.0909. The van der Waals surface area contributed by atoms with Crippen molar-refractivity contribution in [1.82, 2.24) is 23.3 Å². The summed E-state index contributed by atoms with van der Waals surface area (Å²) < 4.78 is 1.66. The third kappa shape index (κ3) is 3.17. The van der Waals surface area contributed by atoms with E-state index in [1.807, 2.05) is 65.3 Å². The number of aromatic amines is 1. The number of hydrogen-bond acceptors (Lipinski definition) is 4. The molecule has 1 aromatic carbocycles. The number of H-pyrrole nitrogens is 1. The Kier molecular flexibility index (Phi) is 4.61. The number of nitrogens with one attached hydrogen (secondary N) is 1. The molecule has 0 aliphatic rings. The molecule has 3 aromatic heterocycles. The smallest absolute Gasteiger partial charge is 0.265 e. The van der Waals surface area contributed by atoms with Gasteiger partial charge >= 0.3 is 0 Å². The lowest BCUT2D eigenvalue weighted by atomic mass is 10.1. The minimum atomic E-state index is -0.0909. The van der Waals surface area contributed by atoms with Crippen molar-refractivity contribution >= 4 is 39.8 Å². The average Bonchev–Trinajstić information content (AvgIpc) is 3.13. The molecule has 0 saturated heterocycles. The number of amides is 1. The standard InChI is InChI=1S/C19H14IN5O/c20-25(12-13-4-2-1-3-5-13)19(26)15-8-11-22-18-16(23-24-17(15)18)14-6-9-21-10-7-14/h1-11H,12H2,(H,23,24). The molecule has 0 spiro atoms. The first-order valence-electron chi connectivity index (χ1n) is 7.99. The maximum absolute atomic E-state index is 12.9. The zero-order valence-corrected chi connectivity index (χ0v) is 15.8. The Balaban J connectivity index is 1.69. The monoisotopic (exact) mass is 455 g/mol. The van der Waals surface area contributed by atoms with E-state index < -0.39 is 0 Å². The summed E-state index contributed by atoms with van der Waals surface area (Å²) in [5, 5.41) is 7.33. The second-order valence-corrected chi connectivity index (χ2v) is 6.87. The third-order valence-corrected chi connectivity index (χ3v) is 4.80. The molecular weight excluding hydrogens is 441 g/mol. The number of aromatic nitrogens is 4. The van der Waals surface area contributed by atoms with Crippen molar-refractivity contribution in [2.75, 3.05) is 0 Å². The maximum atomic E-state index is 12.9. The summed E-state index contributed by atoms with van der Waals surface area (Å²) in [6.07, 6.45) is 5.05. The number of carbonyl (C=O) groups excluding carboxylic acids is 1. The van der Waals surface area contributed by atoms with Gasteiger partial charge in [-0.3, -0.25) is 23.0 Å². The fourth-order valence-electron chi connectivity index (χ4n) is 2.75. The van der Waals surface area contributed by atoms with Gasteiger partial charge < -0.3 is 0 Å². The van der Waals surface area contributed by atoms with E-state index in [9.17, 15) is 4.79 Å². The van der Waals surface area contributed by atoms with Gasteiger partial charge in [0, 0.05) is 24.2 Å². The highest BCUT2D eigenvalue weighted by Gasteiger charge is 2.20. The molecular formula is C19H14IN5O. The Morgan fingerprint density at radius 3 is 2.58 bits per heavy atom. The van der Waals surface area contributed by atoms with Gasteiger partial charge in [-0.15, -0.1) is 0 Å². The van der Waals surface area contributed by atoms with Gasteiger partial charge in [-0.05, 0) is 23.8 Å². The van der Waals surface area contributed by atoms with Gasteiger partial charge in [0.05, 0.1) is 40.5 Å². The third-order valence-electron chi connectivity index (χ3n) is 4.02. The molecule has 0 aliphatic carbocycles. The van der Waals surface area contributed by atoms with Gasteiger partial charge in [-0.25, -0.2) is 0 Å². The lowest BCUT2D eigenvalue weighted by Crippen LogP contribution is -2.20. The molecule has 26 heavy (non-hydrogen) atoms. The van der Waals surface area contributed by atoms with E-state index in [4.69, 9.17) is 0 Å². The van der Waals surface area contributed by atoms with Crippen LogP contribution in [-0.4, -0.2) is 29.2 Å². The zero-order valence-electron chi connectivity index (χ0n) is 13.6. The van der Waals surface area contributed by atoms with Crippen molar-refractivity contribution < 1.29 is 4.79 Å². The molecule has 7 heteroatoms. The van der Waals surface area contributed by atoms with Gasteiger partial charge in [-0.2, -0.15) is 5.10 Å². The van der Waals surface area contributed by atoms with Crippen LogP contribution in [0.2, 0.25) is 0 Å². The van der Waals surface area contributed by atoms with Crippen LogP contribution in [0.4, 0.5) is 0 Å². The number of carbonyl (C=O) groups is 1. The molecule has 1 N–H and O–H groups in total. The van der Waals surface area contributed by atoms with Gasteiger partial charge in [-0.1, -0.05) is 30.3 Å². The van der Waals surface area contributed by atoms with Crippen LogP contribution in [0.1, 0.15) is 15.9 Å². The highest BCUT2D eigenvalue weighted by Crippen LogP contribution is 2.27. The number of benzene rings is 1. The van der Waals surface area contributed by atoms with E-state index in [-0.39, 0.29) is 5.91 Å². The minimum Gasteiger partial charge on any atom is -0.276 e. The van der Waals surface area contributed by atoms with Crippen LogP contribution >= 0.6 is 22.9 Å². The number of halogens is 1. The summed E-state index contributed by atoms with van der Waals surface area (Å²) in [4.78, 5) is 21.4. The SMILES string of the molecule is O=C(c1ccnc2c(-c3ccncc3)n[nH]c12)N(I)Cc1ccccc1. The van der Waals surface area contributed by atoms with Crippen molar-refractivity contribution in [3.05, 3.63) is 78.2 Å². The first-order chi connectivity index (χ1) is 12.7. The van der Waals surface area contributed by atoms with Gasteiger partial charge in [0.15, 0.2) is 0 Å². The van der Waals surface area contributed by atoms with Crippen LogP contribution in [0, 0.1) is 0 Å². The molecule has 1 amide bonds. The van der Waals surface area contributed by atoms with Gasteiger partial charge in [0.2, 0.25) is 0 Å². The number of rotatable bonds is 4. The molecule has 4 aromatic rings. The fourth-order valence-corrected chi connectivity index (χ4v) is 3.41. The van der Waals surface area contributed by atoms with E-state index in [0.29, 0.717) is 28.8 Å². The highest BCUT2D eigenvalue weighted by molar-refractivity contribution is 14.1. The summed E-state index contributed by atoms with van der Waals surface area (Å²) in [5.74, 6) is -0.0909. The van der Waals surface area contributed by atoms with Crippen LogP contribution in [0.5, 0.6) is 0 Å². The average molecular weight is 455 g/mol. The Morgan fingerprint density at radius 1 is 1.04 bits per heavy atom. The van der Waals surface area contributed by atoms with E-state index >= 15 is 0 Å².